The summed E-state index contributed by atoms with van der Waals surface area (Å²) in [5, 5.41) is 13.0. The molecule has 3 rings (SSSR count). The molecule has 0 saturated carbocycles. The highest BCUT2D eigenvalue weighted by atomic mass is 35.5. The second kappa shape index (κ2) is 11.2. The van der Waals surface area contributed by atoms with Gasteiger partial charge < -0.3 is 4.74 Å². The van der Waals surface area contributed by atoms with Gasteiger partial charge in [0.15, 0.2) is 8.68 Å². The van der Waals surface area contributed by atoms with Crippen LogP contribution in [0.3, 0.4) is 0 Å². The molecule has 0 fully saturated rings. The molecule has 0 aliphatic rings. The summed E-state index contributed by atoms with van der Waals surface area (Å²) in [7, 11) is 1.59. The van der Waals surface area contributed by atoms with Crippen molar-refractivity contribution in [3.8, 4) is 5.75 Å². The van der Waals surface area contributed by atoms with Crippen LogP contribution in [0.15, 0.2) is 62.3 Å². The van der Waals surface area contributed by atoms with E-state index in [0.29, 0.717) is 5.75 Å². The molecule has 0 radical (unpaired) electrons. The quantitative estimate of drug-likeness (QED) is 0.280. The lowest BCUT2D eigenvalue weighted by atomic mass is 10.2. The lowest BCUT2D eigenvalue weighted by Gasteiger charge is -2.03. The molecule has 0 bridgehead atoms. The summed E-state index contributed by atoms with van der Waals surface area (Å²) >= 11 is 10.3. The second-order valence-electron chi connectivity index (χ2n) is 5.57. The fourth-order valence-electron chi connectivity index (χ4n) is 2.15. The maximum absolute atomic E-state index is 12.0. The molecule has 10 heteroatoms. The van der Waals surface area contributed by atoms with Gasteiger partial charge in [-0.1, -0.05) is 70.7 Å². The van der Waals surface area contributed by atoms with E-state index in [4.69, 9.17) is 16.3 Å². The molecule has 0 aliphatic heterocycles. The molecule has 1 aromatic heterocycles. The lowest BCUT2D eigenvalue weighted by molar-refractivity contribution is -0.118. The van der Waals surface area contributed by atoms with Crippen LogP contribution in [-0.2, 0) is 10.5 Å². The van der Waals surface area contributed by atoms with Crippen LogP contribution < -0.4 is 10.2 Å². The fraction of sp³-hybridized carbons (Fsp3) is 0.158. The third-order valence-electron chi connectivity index (χ3n) is 3.52. The van der Waals surface area contributed by atoms with Crippen LogP contribution in [0.4, 0.5) is 0 Å². The van der Waals surface area contributed by atoms with Gasteiger partial charge in [-0.05, 0) is 29.8 Å². The predicted molar refractivity (Wildman–Crippen MR) is 120 cm³/mol. The van der Waals surface area contributed by atoms with Crippen LogP contribution in [0.2, 0.25) is 5.02 Å². The zero-order valence-electron chi connectivity index (χ0n) is 15.4. The van der Waals surface area contributed by atoms with Gasteiger partial charge >= 0.3 is 0 Å². The van der Waals surface area contributed by atoms with Crippen molar-refractivity contribution >= 4 is 58.6 Å². The zero-order valence-corrected chi connectivity index (χ0v) is 18.6. The molecule has 29 heavy (non-hydrogen) atoms. The largest absolute Gasteiger partial charge is 0.496 e. The van der Waals surface area contributed by atoms with Crippen LogP contribution in [0.5, 0.6) is 5.75 Å². The number of amides is 1. The summed E-state index contributed by atoms with van der Waals surface area (Å²) < 4.78 is 6.84. The number of hydrogen-bond donors (Lipinski definition) is 1. The number of thioether (sulfide) groups is 2. The van der Waals surface area contributed by atoms with E-state index in [1.807, 2.05) is 48.5 Å². The number of benzene rings is 2. The third-order valence-corrected chi connectivity index (χ3v) is 7.04. The van der Waals surface area contributed by atoms with E-state index in [-0.39, 0.29) is 11.7 Å². The Labute approximate surface area is 186 Å². The number of hydrazone groups is 1. The summed E-state index contributed by atoms with van der Waals surface area (Å²) in [4.78, 5) is 12.0. The minimum Gasteiger partial charge on any atom is -0.496 e. The van der Waals surface area contributed by atoms with Crippen molar-refractivity contribution in [1.29, 1.82) is 0 Å². The van der Waals surface area contributed by atoms with E-state index < -0.39 is 0 Å². The maximum atomic E-state index is 12.0. The monoisotopic (exact) mass is 464 g/mol. The number of para-hydroxylation sites is 1. The molecular formula is C19H17ClN4O2S3. The molecule has 3 aromatic rings. The Kier molecular flexibility index (Phi) is 8.36. The van der Waals surface area contributed by atoms with E-state index >= 15 is 0 Å². The minimum atomic E-state index is -0.216. The first-order valence-corrected chi connectivity index (χ1v) is 11.6. The van der Waals surface area contributed by atoms with Crippen molar-refractivity contribution in [2.24, 2.45) is 5.10 Å². The standard InChI is InChI=1S/C19H17ClN4O2S3/c1-26-16-5-3-2-4-14(16)10-21-22-17(25)12-28-19-24-23-18(29-19)27-11-13-6-8-15(20)9-7-13/h2-10H,11-12H2,1H3,(H,22,25)/b21-10-. The number of nitrogens with zero attached hydrogens (tertiary/aromatic N) is 3. The average Bonchev–Trinajstić information content (AvgIpc) is 3.20. The molecule has 1 heterocycles. The molecule has 6 nitrogen and oxygen atoms in total. The molecule has 0 atom stereocenters. The second-order valence-corrected chi connectivity index (χ2v) is 9.43. The van der Waals surface area contributed by atoms with Gasteiger partial charge in [0.2, 0.25) is 0 Å². The number of halogens is 1. The van der Waals surface area contributed by atoms with Crippen molar-refractivity contribution < 1.29 is 9.53 Å². The number of aromatic nitrogens is 2. The van der Waals surface area contributed by atoms with Crippen molar-refractivity contribution in [3.05, 3.63) is 64.7 Å². The van der Waals surface area contributed by atoms with Crippen LogP contribution in [0, 0.1) is 0 Å². The van der Waals surface area contributed by atoms with E-state index in [1.54, 1.807) is 25.1 Å². The predicted octanol–water partition coefficient (Wildman–Crippen LogP) is 4.73. The smallest absolute Gasteiger partial charge is 0.250 e. The first kappa shape index (κ1) is 21.6. The minimum absolute atomic E-state index is 0.208. The highest BCUT2D eigenvalue weighted by Crippen LogP contribution is 2.30. The van der Waals surface area contributed by atoms with Gasteiger partial charge in [0.1, 0.15) is 5.75 Å². The first-order valence-electron chi connectivity index (χ1n) is 8.42. The topological polar surface area (TPSA) is 76.5 Å². The van der Waals surface area contributed by atoms with E-state index in [2.05, 4.69) is 20.7 Å². The van der Waals surface area contributed by atoms with Gasteiger partial charge in [0.25, 0.3) is 5.91 Å². The van der Waals surface area contributed by atoms with Crippen LogP contribution in [0.1, 0.15) is 11.1 Å². The number of rotatable bonds is 9. The Morgan fingerprint density at radius 3 is 2.66 bits per heavy atom. The normalized spacial score (nSPS) is 11.0. The molecule has 0 aliphatic carbocycles. The van der Waals surface area contributed by atoms with Gasteiger partial charge in [0.05, 0.1) is 19.1 Å². The molecular weight excluding hydrogens is 448 g/mol. The summed E-state index contributed by atoms with van der Waals surface area (Å²) in [6.07, 6.45) is 1.55. The average molecular weight is 465 g/mol. The molecule has 0 saturated heterocycles. The first-order chi connectivity index (χ1) is 14.1. The lowest BCUT2D eigenvalue weighted by Crippen LogP contribution is -2.19. The van der Waals surface area contributed by atoms with Crippen LogP contribution >= 0.6 is 46.5 Å². The molecule has 0 unspecified atom stereocenters. The summed E-state index contributed by atoms with van der Waals surface area (Å²) in [6.45, 7) is 0. The maximum Gasteiger partial charge on any atom is 0.250 e. The van der Waals surface area contributed by atoms with Crippen molar-refractivity contribution in [3.63, 3.8) is 0 Å². The van der Waals surface area contributed by atoms with E-state index in [1.165, 1.54) is 23.1 Å². The molecule has 150 valence electrons. The molecule has 2 aromatic carbocycles. The third kappa shape index (κ3) is 7.04. The molecule has 1 amide bonds. The summed E-state index contributed by atoms with van der Waals surface area (Å²) in [6, 6.07) is 15.1. The Bertz CT molecular complexity index is 980. The van der Waals surface area contributed by atoms with Gasteiger partial charge in [-0.25, -0.2) is 5.43 Å². The number of carbonyl (C=O) groups is 1. The Balaban J connectivity index is 1.42. The highest BCUT2D eigenvalue weighted by molar-refractivity contribution is 8.03. The summed E-state index contributed by atoms with van der Waals surface area (Å²) in [5.74, 6) is 1.47. The molecule has 1 N–H and O–H groups in total. The van der Waals surface area contributed by atoms with Crippen molar-refractivity contribution in [2.45, 2.75) is 14.4 Å². The molecule has 0 spiro atoms. The number of carbonyl (C=O) groups excluding carboxylic acids is 1. The summed E-state index contributed by atoms with van der Waals surface area (Å²) in [5.41, 5.74) is 4.45. The van der Waals surface area contributed by atoms with Gasteiger partial charge in [0, 0.05) is 16.3 Å². The Hall–Kier alpha value is -2.07. The van der Waals surface area contributed by atoms with Gasteiger partial charge in [-0.15, -0.1) is 10.2 Å². The van der Waals surface area contributed by atoms with E-state index in [9.17, 15) is 4.79 Å². The number of ether oxygens (including phenoxy) is 1. The SMILES string of the molecule is COc1ccccc1/C=N\NC(=O)CSc1nnc(SCc2ccc(Cl)cc2)s1. The fourth-order valence-corrected chi connectivity index (χ4v) is 5.04. The van der Waals surface area contributed by atoms with Crippen molar-refractivity contribution in [2.75, 3.05) is 12.9 Å². The van der Waals surface area contributed by atoms with Crippen molar-refractivity contribution in [1.82, 2.24) is 15.6 Å². The van der Waals surface area contributed by atoms with Crippen LogP contribution in [0.25, 0.3) is 0 Å². The number of nitrogens with one attached hydrogen (secondary N) is 1. The Morgan fingerprint density at radius 1 is 1.17 bits per heavy atom. The van der Waals surface area contributed by atoms with Gasteiger partial charge in [-0.2, -0.15) is 5.10 Å². The van der Waals surface area contributed by atoms with Crippen LogP contribution in [-0.4, -0.2) is 35.2 Å². The highest BCUT2D eigenvalue weighted by Gasteiger charge is 2.09. The number of methoxy groups -OCH3 is 1. The van der Waals surface area contributed by atoms with E-state index in [0.717, 1.165) is 30.6 Å². The van der Waals surface area contributed by atoms with Gasteiger partial charge in [-0.3, -0.25) is 4.79 Å². The number of hydrogen-bond acceptors (Lipinski definition) is 8. The zero-order chi connectivity index (χ0) is 20.5. The Morgan fingerprint density at radius 2 is 1.90 bits per heavy atom.